The van der Waals surface area contributed by atoms with Gasteiger partial charge in [-0.1, -0.05) is 13.8 Å². The predicted octanol–water partition coefficient (Wildman–Crippen LogP) is 0.984. The third-order valence-corrected chi connectivity index (χ3v) is 2.22. The van der Waals surface area contributed by atoms with E-state index in [1.54, 1.807) is 0 Å². The largest absolute Gasteiger partial charge is 0.314 e. The third-order valence-electron chi connectivity index (χ3n) is 2.22. The Bertz CT molecular complexity index is 122. The third kappa shape index (κ3) is 2.80. The van der Waals surface area contributed by atoms with Gasteiger partial charge >= 0.3 is 0 Å². The van der Waals surface area contributed by atoms with E-state index in [2.05, 4.69) is 38.3 Å². The molecule has 0 aromatic heterocycles. The van der Waals surface area contributed by atoms with Gasteiger partial charge < -0.3 is 10.6 Å². The van der Waals surface area contributed by atoms with Crippen LogP contribution in [0, 0.1) is 5.41 Å². The fourth-order valence-corrected chi connectivity index (χ4v) is 1.32. The highest BCUT2D eigenvalue weighted by Crippen LogP contribution is 2.16. The van der Waals surface area contributed by atoms with Crippen molar-refractivity contribution in [3.63, 3.8) is 0 Å². The molecule has 0 unspecified atom stereocenters. The lowest BCUT2D eigenvalue weighted by Gasteiger charge is -2.26. The molecule has 0 bridgehead atoms. The van der Waals surface area contributed by atoms with Crippen LogP contribution in [0.5, 0.6) is 0 Å². The van der Waals surface area contributed by atoms with Crippen molar-refractivity contribution >= 4 is 0 Å². The summed E-state index contributed by atoms with van der Waals surface area (Å²) in [6, 6.07) is 0. The Morgan fingerprint density at radius 1 is 0.909 bits per heavy atom. The van der Waals surface area contributed by atoms with E-state index >= 15 is 0 Å². The molecular weight excluding hydrogens is 136 g/mol. The first-order valence-corrected chi connectivity index (χ1v) is 4.37. The highest BCUT2D eigenvalue weighted by atomic mass is 15.1. The summed E-state index contributed by atoms with van der Waals surface area (Å²) in [6.07, 6.45) is 0. The Morgan fingerprint density at radius 3 is 2.18 bits per heavy atom. The molecule has 66 valence electrons. The molecule has 0 saturated carbocycles. The molecule has 1 rings (SSSR count). The van der Waals surface area contributed by atoms with Crippen LogP contribution in [-0.4, -0.2) is 25.2 Å². The SMILES string of the molecule is CC1(C)CNCC(C)(C)NC1. The Balaban J connectivity index is 2.53. The maximum Gasteiger partial charge on any atom is 0.0249 e. The molecular formula is C9H20N2. The van der Waals surface area contributed by atoms with Gasteiger partial charge in [-0.05, 0) is 19.3 Å². The first kappa shape index (κ1) is 9.01. The van der Waals surface area contributed by atoms with Crippen molar-refractivity contribution in [3.8, 4) is 0 Å². The van der Waals surface area contributed by atoms with Crippen LogP contribution < -0.4 is 10.6 Å². The second-order valence-electron chi connectivity index (χ2n) is 5.01. The van der Waals surface area contributed by atoms with Gasteiger partial charge in [-0.2, -0.15) is 0 Å². The minimum absolute atomic E-state index is 0.258. The molecule has 0 atom stereocenters. The van der Waals surface area contributed by atoms with Crippen molar-refractivity contribution in [2.75, 3.05) is 19.6 Å². The summed E-state index contributed by atoms with van der Waals surface area (Å²) in [5.74, 6) is 0. The van der Waals surface area contributed by atoms with Crippen LogP contribution in [0.4, 0.5) is 0 Å². The topological polar surface area (TPSA) is 24.1 Å². The minimum atomic E-state index is 0.258. The number of hydrogen-bond donors (Lipinski definition) is 2. The molecule has 0 aromatic carbocycles. The van der Waals surface area contributed by atoms with Gasteiger partial charge in [0.2, 0.25) is 0 Å². The van der Waals surface area contributed by atoms with E-state index in [9.17, 15) is 0 Å². The molecule has 2 N–H and O–H groups in total. The van der Waals surface area contributed by atoms with Crippen molar-refractivity contribution in [3.05, 3.63) is 0 Å². The second kappa shape index (κ2) is 2.76. The molecule has 0 amide bonds. The first-order valence-electron chi connectivity index (χ1n) is 4.37. The predicted molar refractivity (Wildman–Crippen MR) is 48.7 cm³/mol. The van der Waals surface area contributed by atoms with E-state index in [0.29, 0.717) is 5.41 Å². The summed E-state index contributed by atoms with van der Waals surface area (Å²) >= 11 is 0. The van der Waals surface area contributed by atoms with Gasteiger partial charge in [0.1, 0.15) is 0 Å². The molecule has 1 fully saturated rings. The average Bonchev–Trinajstić information content (AvgIpc) is 1.92. The lowest BCUT2D eigenvalue weighted by Crippen LogP contribution is -2.45. The van der Waals surface area contributed by atoms with E-state index in [1.165, 1.54) is 0 Å². The summed E-state index contributed by atoms with van der Waals surface area (Å²) in [5, 5.41) is 7.01. The summed E-state index contributed by atoms with van der Waals surface area (Å²) in [7, 11) is 0. The lowest BCUT2D eigenvalue weighted by molar-refractivity contribution is 0.331. The summed E-state index contributed by atoms with van der Waals surface area (Å²) < 4.78 is 0. The summed E-state index contributed by atoms with van der Waals surface area (Å²) in [5.41, 5.74) is 0.654. The number of rotatable bonds is 0. The van der Waals surface area contributed by atoms with Gasteiger partial charge in [-0.25, -0.2) is 0 Å². The van der Waals surface area contributed by atoms with Crippen molar-refractivity contribution in [1.29, 1.82) is 0 Å². The molecule has 1 aliphatic heterocycles. The van der Waals surface area contributed by atoms with Crippen LogP contribution in [0.25, 0.3) is 0 Å². The maximum atomic E-state index is 3.55. The fourth-order valence-electron chi connectivity index (χ4n) is 1.32. The smallest absolute Gasteiger partial charge is 0.0249 e. The minimum Gasteiger partial charge on any atom is -0.314 e. The van der Waals surface area contributed by atoms with E-state index < -0.39 is 0 Å². The van der Waals surface area contributed by atoms with Crippen molar-refractivity contribution in [2.24, 2.45) is 5.41 Å². The van der Waals surface area contributed by atoms with Crippen molar-refractivity contribution < 1.29 is 0 Å². The van der Waals surface area contributed by atoms with Gasteiger partial charge in [0.05, 0.1) is 0 Å². The van der Waals surface area contributed by atoms with Gasteiger partial charge in [0.15, 0.2) is 0 Å². The number of nitrogens with one attached hydrogen (secondary N) is 2. The Hall–Kier alpha value is -0.0800. The van der Waals surface area contributed by atoms with Crippen LogP contribution in [0.1, 0.15) is 27.7 Å². The normalized spacial score (nSPS) is 29.5. The van der Waals surface area contributed by atoms with Crippen molar-refractivity contribution in [2.45, 2.75) is 33.2 Å². The zero-order chi connectivity index (χ0) is 8.54. The number of hydrogen-bond acceptors (Lipinski definition) is 2. The molecule has 1 aliphatic rings. The van der Waals surface area contributed by atoms with Crippen molar-refractivity contribution in [1.82, 2.24) is 10.6 Å². The molecule has 0 aliphatic carbocycles. The monoisotopic (exact) mass is 156 g/mol. The van der Waals surface area contributed by atoms with Gasteiger partial charge in [0, 0.05) is 25.2 Å². The molecule has 2 nitrogen and oxygen atoms in total. The standard InChI is InChI=1S/C9H20N2/c1-8(2)5-10-7-9(3,4)11-6-8/h10-11H,5-7H2,1-4H3. The Kier molecular flexibility index (Phi) is 2.26. The van der Waals surface area contributed by atoms with Crippen LogP contribution in [0.3, 0.4) is 0 Å². The fraction of sp³-hybridized carbons (Fsp3) is 1.00. The van der Waals surface area contributed by atoms with Gasteiger partial charge in [-0.3, -0.25) is 0 Å². The van der Waals surface area contributed by atoms with E-state index in [4.69, 9.17) is 0 Å². The summed E-state index contributed by atoms with van der Waals surface area (Å²) in [4.78, 5) is 0. The highest BCUT2D eigenvalue weighted by molar-refractivity contribution is 4.88. The van der Waals surface area contributed by atoms with Crippen LogP contribution >= 0.6 is 0 Å². The quantitative estimate of drug-likeness (QED) is 0.546. The highest BCUT2D eigenvalue weighted by Gasteiger charge is 2.27. The Labute approximate surface area is 69.8 Å². The molecule has 1 heterocycles. The molecule has 2 heteroatoms. The van der Waals surface area contributed by atoms with Gasteiger partial charge in [-0.15, -0.1) is 0 Å². The van der Waals surface area contributed by atoms with E-state index in [-0.39, 0.29) is 5.54 Å². The zero-order valence-electron chi connectivity index (χ0n) is 8.12. The van der Waals surface area contributed by atoms with Crippen LogP contribution in [0.15, 0.2) is 0 Å². The first-order chi connectivity index (χ1) is 4.91. The average molecular weight is 156 g/mol. The van der Waals surface area contributed by atoms with E-state index in [0.717, 1.165) is 19.6 Å². The second-order valence-corrected chi connectivity index (χ2v) is 5.01. The molecule has 1 saturated heterocycles. The lowest BCUT2D eigenvalue weighted by atomic mass is 9.94. The van der Waals surface area contributed by atoms with E-state index in [1.807, 2.05) is 0 Å². The zero-order valence-corrected chi connectivity index (χ0v) is 8.12. The molecule has 0 aromatic rings. The summed E-state index contributed by atoms with van der Waals surface area (Å²) in [6.45, 7) is 12.3. The molecule has 11 heavy (non-hydrogen) atoms. The maximum absolute atomic E-state index is 3.55. The van der Waals surface area contributed by atoms with Gasteiger partial charge in [0.25, 0.3) is 0 Å². The molecule has 0 spiro atoms. The van der Waals surface area contributed by atoms with Crippen LogP contribution in [0.2, 0.25) is 0 Å². The Morgan fingerprint density at radius 2 is 1.55 bits per heavy atom. The van der Waals surface area contributed by atoms with Crippen LogP contribution in [-0.2, 0) is 0 Å². The molecule has 0 radical (unpaired) electrons.